The van der Waals surface area contributed by atoms with Crippen molar-refractivity contribution in [1.82, 2.24) is 4.98 Å². The van der Waals surface area contributed by atoms with Crippen LogP contribution in [-0.4, -0.2) is 12.0 Å². The average Bonchev–Trinajstić information content (AvgIpc) is 2.29. The second-order valence-corrected chi connectivity index (χ2v) is 4.72. The molecule has 0 saturated heterocycles. The number of hydrogen-bond acceptors (Lipinski definition) is 2. The Kier molecular flexibility index (Phi) is 3.43. The summed E-state index contributed by atoms with van der Waals surface area (Å²) in [6.45, 7) is 1.99. The topological polar surface area (TPSA) is 16.1 Å². The zero-order valence-electron chi connectivity index (χ0n) is 9.61. The van der Waals surface area contributed by atoms with Crippen LogP contribution in [0.15, 0.2) is 41.0 Å². The molecule has 0 unspecified atom stereocenters. The molecular formula is C13H12BrFN2. The highest BCUT2D eigenvalue weighted by Gasteiger charge is 2.12. The van der Waals surface area contributed by atoms with E-state index in [0.29, 0.717) is 10.3 Å². The fraction of sp³-hybridized carbons (Fsp3) is 0.154. The van der Waals surface area contributed by atoms with E-state index in [1.54, 1.807) is 11.1 Å². The van der Waals surface area contributed by atoms with Gasteiger partial charge in [-0.25, -0.2) is 9.37 Å². The molecule has 88 valence electrons. The zero-order chi connectivity index (χ0) is 12.4. The SMILES string of the molecule is Cc1ccccc1N(C)c1ncc(Br)cc1F. The summed E-state index contributed by atoms with van der Waals surface area (Å²) in [6, 6.07) is 9.23. The lowest BCUT2D eigenvalue weighted by molar-refractivity contribution is 0.620. The number of hydrogen-bond donors (Lipinski definition) is 0. The van der Waals surface area contributed by atoms with Gasteiger partial charge in [0.05, 0.1) is 0 Å². The highest BCUT2D eigenvalue weighted by molar-refractivity contribution is 9.10. The average molecular weight is 295 g/mol. The molecule has 4 heteroatoms. The van der Waals surface area contributed by atoms with Crippen molar-refractivity contribution >= 4 is 27.4 Å². The maximum Gasteiger partial charge on any atom is 0.169 e. The van der Waals surface area contributed by atoms with E-state index in [4.69, 9.17) is 0 Å². The van der Waals surface area contributed by atoms with Gasteiger partial charge in [0.2, 0.25) is 0 Å². The summed E-state index contributed by atoms with van der Waals surface area (Å²) in [5, 5.41) is 0. The molecule has 0 bridgehead atoms. The molecule has 0 aliphatic heterocycles. The third-order valence-electron chi connectivity index (χ3n) is 2.58. The van der Waals surface area contributed by atoms with Crippen molar-refractivity contribution in [1.29, 1.82) is 0 Å². The lowest BCUT2D eigenvalue weighted by atomic mass is 10.2. The van der Waals surface area contributed by atoms with Crippen molar-refractivity contribution in [2.75, 3.05) is 11.9 Å². The summed E-state index contributed by atoms with van der Waals surface area (Å²) < 4.78 is 14.4. The number of aryl methyl sites for hydroxylation is 1. The van der Waals surface area contributed by atoms with Crippen molar-refractivity contribution in [3.8, 4) is 0 Å². The minimum Gasteiger partial charge on any atom is -0.327 e. The van der Waals surface area contributed by atoms with Crippen molar-refractivity contribution in [3.05, 3.63) is 52.4 Å². The second-order valence-electron chi connectivity index (χ2n) is 3.80. The summed E-state index contributed by atoms with van der Waals surface area (Å²) >= 11 is 3.20. The maximum absolute atomic E-state index is 13.8. The van der Waals surface area contributed by atoms with Crippen LogP contribution in [-0.2, 0) is 0 Å². The van der Waals surface area contributed by atoms with Crippen molar-refractivity contribution in [2.45, 2.75) is 6.92 Å². The first-order chi connectivity index (χ1) is 8.09. The third-order valence-corrected chi connectivity index (χ3v) is 3.02. The number of anilines is 2. The molecule has 2 rings (SSSR count). The predicted octanol–water partition coefficient (Wildman–Crippen LogP) is 4.06. The molecule has 1 aromatic carbocycles. The van der Waals surface area contributed by atoms with E-state index >= 15 is 0 Å². The van der Waals surface area contributed by atoms with Crippen molar-refractivity contribution in [2.24, 2.45) is 0 Å². The molecule has 0 amide bonds. The number of nitrogens with zero attached hydrogens (tertiary/aromatic N) is 2. The highest BCUT2D eigenvalue weighted by Crippen LogP contribution is 2.27. The summed E-state index contributed by atoms with van der Waals surface area (Å²) in [6.07, 6.45) is 1.59. The Morgan fingerprint density at radius 3 is 2.65 bits per heavy atom. The van der Waals surface area contributed by atoms with E-state index in [1.165, 1.54) is 6.07 Å². The number of rotatable bonds is 2. The number of pyridine rings is 1. The van der Waals surface area contributed by atoms with E-state index < -0.39 is 0 Å². The van der Waals surface area contributed by atoms with Crippen LogP contribution in [0.5, 0.6) is 0 Å². The molecule has 2 aromatic rings. The molecule has 1 aromatic heterocycles. The number of halogens is 2. The van der Waals surface area contributed by atoms with E-state index in [-0.39, 0.29) is 5.82 Å². The van der Waals surface area contributed by atoms with Gasteiger partial charge in [0.15, 0.2) is 11.6 Å². The minimum absolute atomic E-state index is 0.322. The molecule has 0 aliphatic rings. The Morgan fingerprint density at radius 2 is 2.00 bits per heavy atom. The largest absolute Gasteiger partial charge is 0.327 e. The Bertz CT molecular complexity index is 543. The van der Waals surface area contributed by atoms with Crippen LogP contribution in [0.3, 0.4) is 0 Å². The fourth-order valence-electron chi connectivity index (χ4n) is 1.71. The molecule has 0 spiro atoms. The van der Waals surface area contributed by atoms with Crippen LogP contribution >= 0.6 is 15.9 Å². The van der Waals surface area contributed by atoms with Crippen molar-refractivity contribution in [3.63, 3.8) is 0 Å². The first-order valence-corrected chi connectivity index (χ1v) is 5.99. The van der Waals surface area contributed by atoms with Gasteiger partial charge in [0.25, 0.3) is 0 Å². The van der Waals surface area contributed by atoms with Gasteiger partial charge in [-0.3, -0.25) is 0 Å². The van der Waals surface area contributed by atoms with Gasteiger partial charge >= 0.3 is 0 Å². The summed E-state index contributed by atoms with van der Waals surface area (Å²) in [4.78, 5) is 5.85. The molecule has 0 aliphatic carbocycles. The first-order valence-electron chi connectivity index (χ1n) is 5.20. The lowest BCUT2D eigenvalue weighted by Crippen LogP contribution is -2.14. The lowest BCUT2D eigenvalue weighted by Gasteiger charge is -2.20. The molecule has 0 saturated carbocycles. The van der Waals surface area contributed by atoms with Gasteiger partial charge in [0, 0.05) is 23.4 Å². The van der Waals surface area contributed by atoms with Crippen LogP contribution < -0.4 is 4.90 Å². The van der Waals surface area contributed by atoms with Gasteiger partial charge in [0.1, 0.15) is 0 Å². The van der Waals surface area contributed by atoms with Gasteiger partial charge in [-0.05, 0) is 40.5 Å². The fourth-order valence-corrected chi connectivity index (χ4v) is 2.01. The van der Waals surface area contributed by atoms with Gasteiger partial charge in [-0.2, -0.15) is 0 Å². The Morgan fingerprint density at radius 1 is 1.29 bits per heavy atom. The van der Waals surface area contributed by atoms with E-state index in [9.17, 15) is 4.39 Å². The van der Waals surface area contributed by atoms with Crippen LogP contribution in [0.25, 0.3) is 0 Å². The van der Waals surface area contributed by atoms with E-state index in [2.05, 4.69) is 20.9 Å². The van der Waals surface area contributed by atoms with Crippen LogP contribution in [0.2, 0.25) is 0 Å². The van der Waals surface area contributed by atoms with Gasteiger partial charge in [-0.1, -0.05) is 18.2 Å². The monoisotopic (exact) mass is 294 g/mol. The van der Waals surface area contributed by atoms with Gasteiger partial charge in [-0.15, -0.1) is 0 Å². The highest BCUT2D eigenvalue weighted by atomic mass is 79.9. The molecule has 0 atom stereocenters. The number of aromatic nitrogens is 1. The Balaban J connectivity index is 2.44. The third kappa shape index (κ3) is 2.47. The smallest absolute Gasteiger partial charge is 0.169 e. The standard InChI is InChI=1S/C13H12BrFN2/c1-9-5-3-4-6-12(9)17(2)13-11(15)7-10(14)8-16-13/h3-8H,1-2H3. The first kappa shape index (κ1) is 12.0. The summed E-state index contributed by atoms with van der Waals surface area (Å²) in [5.74, 6) is -0.0207. The maximum atomic E-state index is 13.8. The number of benzene rings is 1. The second kappa shape index (κ2) is 4.84. The summed E-state index contributed by atoms with van der Waals surface area (Å²) in [7, 11) is 1.81. The quantitative estimate of drug-likeness (QED) is 0.830. The van der Waals surface area contributed by atoms with Crippen LogP contribution in [0.4, 0.5) is 15.9 Å². The van der Waals surface area contributed by atoms with E-state index in [0.717, 1.165) is 11.3 Å². The minimum atomic E-state index is -0.342. The predicted molar refractivity (Wildman–Crippen MR) is 71.1 cm³/mol. The summed E-state index contributed by atoms with van der Waals surface area (Å²) in [5.41, 5.74) is 2.03. The normalized spacial score (nSPS) is 10.4. The molecule has 0 N–H and O–H groups in total. The molecule has 0 radical (unpaired) electrons. The Labute approximate surface area is 108 Å². The zero-order valence-corrected chi connectivity index (χ0v) is 11.2. The number of para-hydroxylation sites is 1. The molecule has 17 heavy (non-hydrogen) atoms. The van der Waals surface area contributed by atoms with Crippen molar-refractivity contribution < 1.29 is 4.39 Å². The van der Waals surface area contributed by atoms with E-state index in [1.807, 2.05) is 38.2 Å². The molecule has 2 nitrogen and oxygen atoms in total. The molecular weight excluding hydrogens is 283 g/mol. The Hall–Kier alpha value is -1.42. The van der Waals surface area contributed by atoms with Crippen LogP contribution in [0.1, 0.15) is 5.56 Å². The molecule has 0 fully saturated rings. The molecule has 1 heterocycles. The van der Waals surface area contributed by atoms with Gasteiger partial charge < -0.3 is 4.90 Å². The van der Waals surface area contributed by atoms with Crippen LogP contribution in [0, 0.1) is 12.7 Å².